The average Bonchev–Trinajstić information content (AvgIpc) is 1.90. The molecule has 0 aromatic carbocycles. The minimum absolute atomic E-state index is 0.392. The molecule has 1 atom stereocenters. The molecule has 1 radical (unpaired) electrons. The SMILES string of the molecule is [CH2]SC1CCCCO1. The molecule has 0 saturated carbocycles. The van der Waals surface area contributed by atoms with Gasteiger partial charge in [0.05, 0.1) is 0 Å². The molecule has 2 heteroatoms. The largest absolute Gasteiger partial charge is 0.368 e. The fourth-order valence-electron chi connectivity index (χ4n) is 0.843. The molecule has 0 aromatic rings. The van der Waals surface area contributed by atoms with E-state index in [1.54, 1.807) is 11.8 Å². The van der Waals surface area contributed by atoms with Gasteiger partial charge in [-0.3, -0.25) is 0 Å². The van der Waals surface area contributed by atoms with Crippen LogP contribution >= 0.6 is 11.8 Å². The third kappa shape index (κ3) is 1.67. The minimum Gasteiger partial charge on any atom is -0.368 e. The van der Waals surface area contributed by atoms with Crippen LogP contribution in [0.25, 0.3) is 0 Å². The second kappa shape index (κ2) is 3.36. The van der Waals surface area contributed by atoms with E-state index in [9.17, 15) is 0 Å². The van der Waals surface area contributed by atoms with Crippen LogP contribution in [0.15, 0.2) is 0 Å². The van der Waals surface area contributed by atoms with Crippen LogP contribution in [0, 0.1) is 6.26 Å². The van der Waals surface area contributed by atoms with Crippen LogP contribution in [0.2, 0.25) is 0 Å². The summed E-state index contributed by atoms with van der Waals surface area (Å²) in [5.41, 5.74) is 0.392. The van der Waals surface area contributed by atoms with Gasteiger partial charge >= 0.3 is 0 Å². The molecule has 0 aromatic heterocycles. The lowest BCUT2D eigenvalue weighted by Crippen LogP contribution is -2.13. The Kier molecular flexibility index (Phi) is 2.70. The van der Waals surface area contributed by atoms with Crippen LogP contribution in [0.4, 0.5) is 0 Å². The molecule has 0 spiro atoms. The first kappa shape index (κ1) is 6.43. The first-order valence-electron chi connectivity index (χ1n) is 2.96. The van der Waals surface area contributed by atoms with Gasteiger partial charge in [0.15, 0.2) is 0 Å². The first-order chi connectivity index (χ1) is 3.93. The highest BCUT2D eigenvalue weighted by molar-refractivity contribution is 8.00. The van der Waals surface area contributed by atoms with Crippen LogP contribution in [0.5, 0.6) is 0 Å². The maximum Gasteiger partial charge on any atom is 0.103 e. The second-order valence-corrected chi connectivity index (χ2v) is 2.82. The third-order valence-corrected chi connectivity index (χ3v) is 2.07. The summed E-state index contributed by atoms with van der Waals surface area (Å²) in [6, 6.07) is 0. The van der Waals surface area contributed by atoms with E-state index >= 15 is 0 Å². The van der Waals surface area contributed by atoms with Gasteiger partial charge in [0, 0.05) is 12.9 Å². The lowest BCUT2D eigenvalue weighted by Gasteiger charge is -2.19. The molecule has 1 rings (SSSR count). The fraction of sp³-hybridized carbons (Fsp3) is 0.833. The summed E-state index contributed by atoms with van der Waals surface area (Å²) in [5, 5.41) is 0. The van der Waals surface area contributed by atoms with Gasteiger partial charge in [0.25, 0.3) is 0 Å². The van der Waals surface area contributed by atoms with Gasteiger partial charge in [-0.2, -0.15) is 0 Å². The Morgan fingerprint density at radius 1 is 1.50 bits per heavy atom. The van der Waals surface area contributed by atoms with Gasteiger partial charge in [-0.25, -0.2) is 0 Å². The van der Waals surface area contributed by atoms with Gasteiger partial charge in [0.1, 0.15) is 5.44 Å². The molecule has 0 amide bonds. The predicted molar refractivity (Wildman–Crippen MR) is 36.5 cm³/mol. The highest BCUT2D eigenvalue weighted by atomic mass is 32.2. The standard InChI is InChI=1S/C6H11OS/c1-8-6-4-2-3-5-7-6/h6H,1-5H2. The Morgan fingerprint density at radius 3 is 2.75 bits per heavy atom. The van der Waals surface area contributed by atoms with Gasteiger partial charge in [-0.1, -0.05) is 0 Å². The van der Waals surface area contributed by atoms with Crippen LogP contribution in [-0.2, 0) is 4.74 Å². The molecule has 0 aliphatic carbocycles. The van der Waals surface area contributed by atoms with Crippen molar-refractivity contribution in [2.45, 2.75) is 24.7 Å². The van der Waals surface area contributed by atoms with E-state index < -0.39 is 0 Å². The van der Waals surface area contributed by atoms with Gasteiger partial charge < -0.3 is 4.74 Å². The molecule has 1 saturated heterocycles. The Labute approximate surface area is 54.8 Å². The molecule has 1 fully saturated rings. The highest BCUT2D eigenvalue weighted by Crippen LogP contribution is 2.21. The Balaban J connectivity index is 2.13. The van der Waals surface area contributed by atoms with Crippen molar-refractivity contribution in [3.63, 3.8) is 0 Å². The van der Waals surface area contributed by atoms with Crippen molar-refractivity contribution >= 4 is 11.8 Å². The molecule has 1 nitrogen and oxygen atoms in total. The van der Waals surface area contributed by atoms with Gasteiger partial charge in [-0.05, 0) is 19.3 Å². The van der Waals surface area contributed by atoms with Crippen molar-refractivity contribution in [3.8, 4) is 0 Å². The van der Waals surface area contributed by atoms with E-state index in [2.05, 4.69) is 6.26 Å². The molecule has 1 aliphatic rings. The molecule has 0 N–H and O–H groups in total. The lowest BCUT2D eigenvalue weighted by molar-refractivity contribution is 0.0733. The Bertz CT molecular complexity index is 59.5. The van der Waals surface area contributed by atoms with Crippen molar-refractivity contribution < 1.29 is 4.74 Å². The first-order valence-corrected chi connectivity index (χ1v) is 4.01. The summed E-state index contributed by atoms with van der Waals surface area (Å²) in [6.07, 6.45) is 7.44. The summed E-state index contributed by atoms with van der Waals surface area (Å²) in [6.45, 7) is 0.938. The van der Waals surface area contributed by atoms with Crippen molar-refractivity contribution in [2.75, 3.05) is 6.61 Å². The number of rotatable bonds is 1. The van der Waals surface area contributed by atoms with E-state index in [0.29, 0.717) is 5.44 Å². The maximum atomic E-state index is 5.33. The summed E-state index contributed by atoms with van der Waals surface area (Å²) in [4.78, 5) is 0. The lowest BCUT2D eigenvalue weighted by atomic mass is 10.2. The molecular weight excluding hydrogens is 120 g/mol. The van der Waals surface area contributed by atoms with Crippen LogP contribution in [0.1, 0.15) is 19.3 Å². The number of hydrogen-bond donors (Lipinski definition) is 0. The molecule has 1 aliphatic heterocycles. The zero-order chi connectivity index (χ0) is 5.82. The topological polar surface area (TPSA) is 9.23 Å². The molecule has 1 heterocycles. The number of hydrogen-bond acceptors (Lipinski definition) is 2. The number of ether oxygens (including phenoxy) is 1. The van der Waals surface area contributed by atoms with Crippen molar-refractivity contribution in [1.29, 1.82) is 0 Å². The van der Waals surface area contributed by atoms with Crippen molar-refractivity contribution in [1.82, 2.24) is 0 Å². The van der Waals surface area contributed by atoms with Gasteiger partial charge in [-0.15, -0.1) is 11.8 Å². The molecular formula is C6H11OS. The monoisotopic (exact) mass is 131 g/mol. The molecule has 1 unspecified atom stereocenters. The smallest absolute Gasteiger partial charge is 0.103 e. The quantitative estimate of drug-likeness (QED) is 0.538. The Morgan fingerprint density at radius 2 is 2.38 bits per heavy atom. The van der Waals surface area contributed by atoms with E-state index in [1.807, 2.05) is 0 Å². The van der Waals surface area contributed by atoms with Crippen LogP contribution in [-0.4, -0.2) is 12.0 Å². The van der Waals surface area contributed by atoms with E-state index in [4.69, 9.17) is 4.74 Å². The van der Waals surface area contributed by atoms with Crippen molar-refractivity contribution in [3.05, 3.63) is 6.26 Å². The number of thioether (sulfide) groups is 1. The van der Waals surface area contributed by atoms with Crippen molar-refractivity contribution in [2.24, 2.45) is 0 Å². The van der Waals surface area contributed by atoms with E-state index in [1.165, 1.54) is 19.3 Å². The average molecular weight is 131 g/mol. The van der Waals surface area contributed by atoms with Crippen LogP contribution < -0.4 is 0 Å². The summed E-state index contributed by atoms with van der Waals surface area (Å²) >= 11 is 1.57. The zero-order valence-electron chi connectivity index (χ0n) is 4.93. The summed E-state index contributed by atoms with van der Waals surface area (Å²) in [7, 11) is 0. The summed E-state index contributed by atoms with van der Waals surface area (Å²) < 4.78 is 5.33. The third-order valence-electron chi connectivity index (χ3n) is 1.32. The fourth-order valence-corrected chi connectivity index (χ4v) is 1.37. The van der Waals surface area contributed by atoms with E-state index in [-0.39, 0.29) is 0 Å². The molecule has 0 bridgehead atoms. The highest BCUT2D eigenvalue weighted by Gasteiger charge is 2.10. The molecule has 47 valence electrons. The zero-order valence-corrected chi connectivity index (χ0v) is 5.75. The van der Waals surface area contributed by atoms with Gasteiger partial charge in [0.2, 0.25) is 0 Å². The van der Waals surface area contributed by atoms with Crippen LogP contribution in [0.3, 0.4) is 0 Å². The van der Waals surface area contributed by atoms with E-state index in [0.717, 1.165) is 6.61 Å². The summed E-state index contributed by atoms with van der Waals surface area (Å²) in [5.74, 6) is 0. The molecule has 8 heavy (non-hydrogen) atoms. The predicted octanol–water partition coefficient (Wildman–Crippen LogP) is 2.04. The maximum absolute atomic E-state index is 5.33. The Hall–Kier alpha value is 0.310. The normalized spacial score (nSPS) is 30.4. The minimum atomic E-state index is 0.392. The second-order valence-electron chi connectivity index (χ2n) is 1.96.